The van der Waals surface area contributed by atoms with Gasteiger partial charge in [0.25, 0.3) is 0 Å². The molecule has 1 amide bonds. The van der Waals surface area contributed by atoms with Gasteiger partial charge in [-0.2, -0.15) is 4.31 Å². The average molecular weight is 379 g/mol. The number of rotatable bonds is 5. The molecule has 0 spiro atoms. The van der Waals surface area contributed by atoms with Crippen molar-refractivity contribution in [3.05, 3.63) is 65.2 Å². The standard InChI is InChI=1S/C18H19ClN2O3S/c19-16-10-5-4-7-14(16)13-20-18(22)17-11-6-12-21(17)25(23,24)15-8-2-1-3-9-15/h1-5,7-10,17H,6,11-13H2,(H,20,22). The van der Waals surface area contributed by atoms with E-state index in [2.05, 4.69) is 5.32 Å². The van der Waals surface area contributed by atoms with Crippen LogP contribution in [0.5, 0.6) is 0 Å². The molecule has 1 unspecified atom stereocenters. The van der Waals surface area contributed by atoms with E-state index in [0.717, 1.165) is 5.56 Å². The number of sulfonamides is 1. The van der Waals surface area contributed by atoms with Gasteiger partial charge in [-0.25, -0.2) is 8.42 Å². The third-order valence-corrected chi connectivity index (χ3v) is 6.56. The molecule has 0 aromatic heterocycles. The first-order valence-electron chi connectivity index (χ1n) is 8.08. The van der Waals surface area contributed by atoms with Crippen molar-refractivity contribution in [3.63, 3.8) is 0 Å². The highest BCUT2D eigenvalue weighted by Crippen LogP contribution is 2.26. The second-order valence-electron chi connectivity index (χ2n) is 5.90. The van der Waals surface area contributed by atoms with Crippen LogP contribution in [-0.2, 0) is 21.4 Å². The van der Waals surface area contributed by atoms with Crippen molar-refractivity contribution in [2.24, 2.45) is 0 Å². The van der Waals surface area contributed by atoms with Crippen LogP contribution in [0, 0.1) is 0 Å². The first-order chi connectivity index (χ1) is 12.0. The second kappa shape index (κ2) is 7.56. The molecule has 0 aliphatic carbocycles. The Morgan fingerprint density at radius 2 is 1.80 bits per heavy atom. The van der Waals surface area contributed by atoms with E-state index in [1.165, 1.54) is 4.31 Å². The molecule has 1 aliphatic rings. The Kier molecular flexibility index (Phi) is 5.42. The first-order valence-corrected chi connectivity index (χ1v) is 9.90. The third-order valence-electron chi connectivity index (χ3n) is 4.27. The molecular weight excluding hydrogens is 360 g/mol. The summed E-state index contributed by atoms with van der Waals surface area (Å²) in [5.41, 5.74) is 0.799. The summed E-state index contributed by atoms with van der Waals surface area (Å²) in [6, 6.07) is 14.8. The summed E-state index contributed by atoms with van der Waals surface area (Å²) in [6.07, 6.45) is 1.18. The zero-order valence-corrected chi connectivity index (χ0v) is 15.1. The van der Waals surface area contributed by atoms with Gasteiger partial charge < -0.3 is 5.32 Å². The van der Waals surface area contributed by atoms with Crippen LogP contribution >= 0.6 is 11.6 Å². The minimum Gasteiger partial charge on any atom is -0.351 e. The Hall–Kier alpha value is -1.89. The highest BCUT2D eigenvalue weighted by Gasteiger charge is 2.39. The van der Waals surface area contributed by atoms with Crippen molar-refractivity contribution < 1.29 is 13.2 Å². The van der Waals surface area contributed by atoms with Gasteiger partial charge in [0.2, 0.25) is 15.9 Å². The molecule has 1 heterocycles. The van der Waals surface area contributed by atoms with Gasteiger partial charge in [0.05, 0.1) is 4.90 Å². The Labute approximate surface area is 152 Å². The molecule has 0 radical (unpaired) electrons. The number of carbonyl (C=O) groups excluding carboxylic acids is 1. The zero-order chi connectivity index (χ0) is 17.9. The van der Waals surface area contributed by atoms with Crippen LogP contribution < -0.4 is 5.32 Å². The second-order valence-corrected chi connectivity index (χ2v) is 8.19. The molecule has 1 fully saturated rings. The fourth-order valence-electron chi connectivity index (χ4n) is 2.96. The molecule has 3 rings (SSSR count). The zero-order valence-electron chi connectivity index (χ0n) is 13.6. The highest BCUT2D eigenvalue weighted by molar-refractivity contribution is 7.89. The van der Waals surface area contributed by atoms with E-state index >= 15 is 0 Å². The quantitative estimate of drug-likeness (QED) is 0.869. The number of hydrogen-bond acceptors (Lipinski definition) is 3. The third kappa shape index (κ3) is 3.86. The molecule has 1 atom stereocenters. The largest absolute Gasteiger partial charge is 0.351 e. The van der Waals surface area contributed by atoms with Crippen LogP contribution in [0.4, 0.5) is 0 Å². The number of halogens is 1. The van der Waals surface area contributed by atoms with Crippen molar-refractivity contribution in [1.82, 2.24) is 9.62 Å². The van der Waals surface area contributed by atoms with Crippen molar-refractivity contribution >= 4 is 27.5 Å². The number of hydrogen-bond donors (Lipinski definition) is 1. The van der Waals surface area contributed by atoms with Gasteiger partial charge in [-0.3, -0.25) is 4.79 Å². The van der Waals surface area contributed by atoms with Crippen LogP contribution in [0.15, 0.2) is 59.5 Å². The maximum atomic E-state index is 12.8. The van der Waals surface area contributed by atoms with Crippen LogP contribution in [0.3, 0.4) is 0 Å². The number of amides is 1. The molecule has 1 N–H and O–H groups in total. The van der Waals surface area contributed by atoms with E-state index in [4.69, 9.17) is 11.6 Å². The fraction of sp³-hybridized carbons (Fsp3) is 0.278. The molecule has 1 saturated heterocycles. The summed E-state index contributed by atoms with van der Waals surface area (Å²) in [7, 11) is -3.68. The van der Waals surface area contributed by atoms with Crippen LogP contribution in [0.1, 0.15) is 18.4 Å². The van der Waals surface area contributed by atoms with Gasteiger partial charge in [-0.05, 0) is 36.6 Å². The number of carbonyl (C=O) groups is 1. The number of nitrogens with zero attached hydrogens (tertiary/aromatic N) is 1. The molecule has 7 heteroatoms. The highest BCUT2D eigenvalue weighted by atomic mass is 35.5. The van der Waals surface area contributed by atoms with Crippen molar-refractivity contribution in [2.45, 2.75) is 30.3 Å². The Morgan fingerprint density at radius 1 is 1.12 bits per heavy atom. The summed E-state index contributed by atoms with van der Waals surface area (Å²) in [6.45, 7) is 0.621. The summed E-state index contributed by atoms with van der Waals surface area (Å²) >= 11 is 6.09. The van der Waals surface area contributed by atoms with Gasteiger partial charge in [0, 0.05) is 18.1 Å². The Morgan fingerprint density at radius 3 is 2.52 bits per heavy atom. The van der Waals surface area contributed by atoms with Crippen LogP contribution in [0.25, 0.3) is 0 Å². The molecule has 2 aromatic rings. The van der Waals surface area contributed by atoms with Crippen LogP contribution in [0.2, 0.25) is 5.02 Å². The molecular formula is C18H19ClN2O3S. The van der Waals surface area contributed by atoms with E-state index in [1.54, 1.807) is 36.4 Å². The molecule has 0 saturated carbocycles. The lowest BCUT2D eigenvalue weighted by Crippen LogP contribution is -2.45. The SMILES string of the molecule is O=C(NCc1ccccc1Cl)C1CCCN1S(=O)(=O)c1ccccc1. The van der Waals surface area contributed by atoms with Gasteiger partial charge in [-0.15, -0.1) is 0 Å². The summed E-state index contributed by atoms with van der Waals surface area (Å²) < 4.78 is 26.9. The topological polar surface area (TPSA) is 66.5 Å². The summed E-state index contributed by atoms with van der Waals surface area (Å²) in [5.74, 6) is -0.295. The maximum absolute atomic E-state index is 12.8. The van der Waals surface area contributed by atoms with Crippen molar-refractivity contribution in [3.8, 4) is 0 Å². The van der Waals surface area contributed by atoms with Crippen LogP contribution in [-0.4, -0.2) is 31.2 Å². The average Bonchev–Trinajstić information content (AvgIpc) is 3.12. The van der Waals surface area contributed by atoms with Crippen molar-refractivity contribution in [2.75, 3.05) is 6.54 Å². The Balaban J connectivity index is 1.73. The molecule has 25 heavy (non-hydrogen) atoms. The van der Waals surface area contributed by atoms with E-state index in [1.807, 2.05) is 18.2 Å². The molecule has 5 nitrogen and oxygen atoms in total. The molecule has 1 aliphatic heterocycles. The van der Waals surface area contributed by atoms with E-state index < -0.39 is 16.1 Å². The molecule has 2 aromatic carbocycles. The Bertz CT molecular complexity index is 856. The fourth-order valence-corrected chi connectivity index (χ4v) is 4.84. The van der Waals surface area contributed by atoms with E-state index in [9.17, 15) is 13.2 Å². The molecule has 132 valence electrons. The number of benzene rings is 2. The summed E-state index contributed by atoms with van der Waals surface area (Å²) in [4.78, 5) is 12.8. The van der Waals surface area contributed by atoms with Gasteiger partial charge in [-0.1, -0.05) is 48.0 Å². The monoisotopic (exact) mass is 378 g/mol. The van der Waals surface area contributed by atoms with Gasteiger partial charge in [0.1, 0.15) is 6.04 Å². The predicted octanol–water partition coefficient (Wildman–Crippen LogP) is 2.81. The minimum absolute atomic E-state index is 0.209. The lowest BCUT2D eigenvalue weighted by atomic mass is 10.2. The summed E-state index contributed by atoms with van der Waals surface area (Å²) in [5, 5.41) is 3.38. The lowest BCUT2D eigenvalue weighted by molar-refractivity contribution is -0.124. The molecule has 0 bridgehead atoms. The number of nitrogens with one attached hydrogen (secondary N) is 1. The van der Waals surface area contributed by atoms with E-state index in [-0.39, 0.29) is 17.3 Å². The van der Waals surface area contributed by atoms with Crippen molar-refractivity contribution in [1.29, 1.82) is 0 Å². The smallest absolute Gasteiger partial charge is 0.243 e. The van der Waals surface area contributed by atoms with E-state index in [0.29, 0.717) is 24.4 Å². The lowest BCUT2D eigenvalue weighted by Gasteiger charge is -2.23. The predicted molar refractivity (Wildman–Crippen MR) is 96.7 cm³/mol. The van der Waals surface area contributed by atoms with Gasteiger partial charge in [0.15, 0.2) is 0 Å². The first kappa shape index (κ1) is 17.9. The minimum atomic E-state index is -3.68. The van der Waals surface area contributed by atoms with Gasteiger partial charge >= 0.3 is 0 Å². The maximum Gasteiger partial charge on any atom is 0.243 e. The normalized spacial score (nSPS) is 18.2.